The maximum atomic E-state index is 13.4. The number of hydrogen-bond acceptors (Lipinski definition) is 3. The van der Waals surface area contributed by atoms with Crippen molar-refractivity contribution in [2.24, 2.45) is 0 Å². The first kappa shape index (κ1) is 22.2. The minimum atomic E-state index is -1.05. The van der Waals surface area contributed by atoms with Crippen LogP contribution in [0.5, 0.6) is 5.75 Å². The standard InChI is InChI=1S/C26H22F2N2O3/c27-21-8-2-18(3-9-21)1-4-19-7-12-23(15-24(19)26(31)32)33-25(16-30-14-13-29-17-30)20-5-10-22(28)11-6-20/h2-3,5-15,17,25H,1,4,16H2,(H,31,32). The molecule has 1 unspecified atom stereocenters. The monoisotopic (exact) mass is 448 g/mol. The van der Waals surface area contributed by atoms with E-state index in [0.29, 0.717) is 30.7 Å². The van der Waals surface area contributed by atoms with Gasteiger partial charge in [0.25, 0.3) is 0 Å². The second-order valence-corrected chi connectivity index (χ2v) is 7.67. The Labute approximate surface area is 189 Å². The van der Waals surface area contributed by atoms with Crippen molar-refractivity contribution >= 4 is 5.97 Å². The molecule has 0 bridgehead atoms. The van der Waals surface area contributed by atoms with Gasteiger partial charge < -0.3 is 14.4 Å². The van der Waals surface area contributed by atoms with Gasteiger partial charge in [0, 0.05) is 12.4 Å². The third-order valence-corrected chi connectivity index (χ3v) is 5.36. The largest absolute Gasteiger partial charge is 0.484 e. The quantitative estimate of drug-likeness (QED) is 0.369. The van der Waals surface area contributed by atoms with Crippen LogP contribution in [-0.2, 0) is 19.4 Å². The molecule has 0 amide bonds. The van der Waals surface area contributed by atoms with Crippen LogP contribution >= 0.6 is 0 Å². The summed E-state index contributed by atoms with van der Waals surface area (Å²) in [6, 6.07) is 17.2. The highest BCUT2D eigenvalue weighted by Gasteiger charge is 2.17. The summed E-state index contributed by atoms with van der Waals surface area (Å²) in [7, 11) is 0. The third-order valence-electron chi connectivity index (χ3n) is 5.36. The summed E-state index contributed by atoms with van der Waals surface area (Å²) < 4.78 is 34.5. The molecule has 168 valence electrons. The first-order chi connectivity index (χ1) is 16.0. The van der Waals surface area contributed by atoms with Gasteiger partial charge in [-0.2, -0.15) is 0 Å². The predicted octanol–water partition coefficient (Wildman–Crippen LogP) is 5.47. The van der Waals surface area contributed by atoms with E-state index in [1.54, 1.807) is 55.1 Å². The molecule has 5 nitrogen and oxygen atoms in total. The van der Waals surface area contributed by atoms with E-state index < -0.39 is 12.1 Å². The second-order valence-electron chi connectivity index (χ2n) is 7.67. The summed E-state index contributed by atoms with van der Waals surface area (Å²) in [6.07, 6.45) is 5.69. The Kier molecular flexibility index (Phi) is 6.78. The van der Waals surface area contributed by atoms with E-state index >= 15 is 0 Å². The molecule has 1 heterocycles. The van der Waals surface area contributed by atoms with Crippen LogP contribution in [-0.4, -0.2) is 20.6 Å². The number of imidazole rings is 1. The molecule has 1 atom stereocenters. The van der Waals surface area contributed by atoms with Gasteiger partial charge >= 0.3 is 5.97 Å². The van der Waals surface area contributed by atoms with Crippen LogP contribution in [0.1, 0.15) is 33.2 Å². The second kappa shape index (κ2) is 10.1. The fourth-order valence-electron chi connectivity index (χ4n) is 3.61. The molecule has 4 aromatic rings. The number of nitrogens with zero attached hydrogens (tertiary/aromatic N) is 2. The molecule has 1 N–H and O–H groups in total. The van der Waals surface area contributed by atoms with Crippen molar-refractivity contribution in [3.8, 4) is 5.75 Å². The molecular formula is C26H22F2N2O3. The van der Waals surface area contributed by atoms with Crippen LogP contribution < -0.4 is 4.74 Å². The van der Waals surface area contributed by atoms with E-state index in [2.05, 4.69) is 4.98 Å². The average Bonchev–Trinajstić information content (AvgIpc) is 3.32. The first-order valence-electron chi connectivity index (χ1n) is 10.5. The number of carbonyl (C=O) groups is 1. The van der Waals surface area contributed by atoms with Gasteiger partial charge in [-0.05, 0) is 65.9 Å². The van der Waals surface area contributed by atoms with E-state index in [1.165, 1.54) is 30.3 Å². The lowest BCUT2D eigenvalue weighted by Gasteiger charge is -2.21. The maximum absolute atomic E-state index is 13.4. The van der Waals surface area contributed by atoms with Gasteiger partial charge in [-0.1, -0.05) is 30.3 Å². The van der Waals surface area contributed by atoms with Crippen LogP contribution in [0.4, 0.5) is 8.78 Å². The molecule has 0 aliphatic carbocycles. The topological polar surface area (TPSA) is 64.3 Å². The Bertz CT molecular complexity index is 1210. The third kappa shape index (κ3) is 5.83. The molecule has 7 heteroatoms. The number of benzene rings is 3. The Morgan fingerprint density at radius 1 is 0.970 bits per heavy atom. The first-order valence-corrected chi connectivity index (χ1v) is 10.5. The molecule has 0 radical (unpaired) electrons. The highest BCUT2D eigenvalue weighted by atomic mass is 19.1. The van der Waals surface area contributed by atoms with Crippen molar-refractivity contribution in [2.45, 2.75) is 25.5 Å². The van der Waals surface area contributed by atoms with Crippen LogP contribution in [0.25, 0.3) is 0 Å². The molecule has 0 saturated heterocycles. The van der Waals surface area contributed by atoms with E-state index in [0.717, 1.165) is 11.1 Å². The smallest absolute Gasteiger partial charge is 0.336 e. The lowest BCUT2D eigenvalue weighted by Crippen LogP contribution is -2.15. The Morgan fingerprint density at radius 3 is 2.30 bits per heavy atom. The van der Waals surface area contributed by atoms with Gasteiger partial charge in [-0.3, -0.25) is 0 Å². The van der Waals surface area contributed by atoms with Crippen molar-refractivity contribution in [2.75, 3.05) is 0 Å². The van der Waals surface area contributed by atoms with Crippen molar-refractivity contribution in [1.82, 2.24) is 9.55 Å². The molecule has 33 heavy (non-hydrogen) atoms. The zero-order chi connectivity index (χ0) is 23.2. The van der Waals surface area contributed by atoms with Crippen LogP contribution in [0.2, 0.25) is 0 Å². The summed E-state index contributed by atoms with van der Waals surface area (Å²) >= 11 is 0. The molecule has 3 aromatic carbocycles. The molecular weight excluding hydrogens is 426 g/mol. The average molecular weight is 448 g/mol. The highest BCUT2D eigenvalue weighted by Crippen LogP contribution is 2.27. The molecule has 1 aromatic heterocycles. The van der Waals surface area contributed by atoms with E-state index in [9.17, 15) is 18.7 Å². The summed E-state index contributed by atoms with van der Waals surface area (Å²) in [6.45, 7) is 0.417. The minimum Gasteiger partial charge on any atom is -0.484 e. The number of carboxylic acids is 1. The zero-order valence-corrected chi connectivity index (χ0v) is 17.7. The molecule has 0 aliphatic rings. The Hall–Kier alpha value is -4.00. The van der Waals surface area contributed by atoms with Crippen LogP contribution in [0, 0.1) is 11.6 Å². The highest BCUT2D eigenvalue weighted by molar-refractivity contribution is 5.90. The molecule has 0 spiro atoms. The number of aryl methyl sites for hydroxylation is 2. The van der Waals surface area contributed by atoms with Gasteiger partial charge in [0.05, 0.1) is 18.4 Å². The van der Waals surface area contributed by atoms with Gasteiger partial charge in [-0.15, -0.1) is 0 Å². The Morgan fingerprint density at radius 2 is 1.67 bits per heavy atom. The minimum absolute atomic E-state index is 0.148. The van der Waals surface area contributed by atoms with Gasteiger partial charge in [0.2, 0.25) is 0 Å². The van der Waals surface area contributed by atoms with Crippen LogP contribution in [0.15, 0.2) is 85.5 Å². The summed E-state index contributed by atoms with van der Waals surface area (Å²) in [5.41, 5.74) is 2.48. The fourth-order valence-corrected chi connectivity index (χ4v) is 3.61. The number of rotatable bonds is 9. The van der Waals surface area contributed by atoms with Gasteiger partial charge in [0.1, 0.15) is 23.5 Å². The van der Waals surface area contributed by atoms with Crippen LogP contribution in [0.3, 0.4) is 0 Å². The fraction of sp³-hybridized carbons (Fsp3) is 0.154. The number of aromatic carboxylic acids is 1. The lowest BCUT2D eigenvalue weighted by molar-refractivity contribution is 0.0694. The molecule has 0 saturated carbocycles. The summed E-state index contributed by atoms with van der Waals surface area (Å²) in [4.78, 5) is 16.0. The molecule has 0 aliphatic heterocycles. The van der Waals surface area contributed by atoms with Gasteiger partial charge in [-0.25, -0.2) is 18.6 Å². The van der Waals surface area contributed by atoms with Crippen molar-refractivity contribution in [3.05, 3.63) is 119 Å². The zero-order valence-electron chi connectivity index (χ0n) is 17.7. The van der Waals surface area contributed by atoms with E-state index in [4.69, 9.17) is 4.74 Å². The summed E-state index contributed by atoms with van der Waals surface area (Å²) in [5.74, 6) is -1.31. The number of halogens is 2. The molecule has 0 fully saturated rings. The molecule has 4 rings (SSSR count). The van der Waals surface area contributed by atoms with E-state index in [-0.39, 0.29) is 17.2 Å². The number of ether oxygens (including phenoxy) is 1. The number of carboxylic acid groups (broad SMARTS) is 1. The SMILES string of the molecule is O=C(O)c1cc(OC(Cn2ccnc2)c2ccc(F)cc2)ccc1CCc1ccc(F)cc1. The van der Waals surface area contributed by atoms with Crippen molar-refractivity contribution < 1.29 is 23.4 Å². The lowest BCUT2D eigenvalue weighted by atomic mass is 9.99. The van der Waals surface area contributed by atoms with Crippen molar-refractivity contribution in [1.29, 1.82) is 0 Å². The van der Waals surface area contributed by atoms with E-state index in [1.807, 2.05) is 4.57 Å². The normalized spacial score (nSPS) is 11.8. The maximum Gasteiger partial charge on any atom is 0.336 e. The number of aromatic nitrogens is 2. The van der Waals surface area contributed by atoms with Gasteiger partial charge in [0.15, 0.2) is 0 Å². The summed E-state index contributed by atoms with van der Waals surface area (Å²) in [5, 5.41) is 9.75. The number of hydrogen-bond donors (Lipinski definition) is 1. The predicted molar refractivity (Wildman–Crippen MR) is 119 cm³/mol. The Balaban J connectivity index is 1.55. The van der Waals surface area contributed by atoms with Crippen molar-refractivity contribution in [3.63, 3.8) is 0 Å².